The van der Waals surface area contributed by atoms with E-state index >= 15 is 0 Å². The summed E-state index contributed by atoms with van der Waals surface area (Å²) in [7, 11) is 0. The predicted octanol–water partition coefficient (Wildman–Crippen LogP) is 2.37. The van der Waals surface area contributed by atoms with Crippen molar-refractivity contribution in [1.29, 1.82) is 0 Å². The van der Waals surface area contributed by atoms with Crippen LogP contribution in [0.4, 0.5) is 5.69 Å². The molecular weight excluding hydrogens is 214 g/mol. The highest BCUT2D eigenvalue weighted by Crippen LogP contribution is 2.16. The van der Waals surface area contributed by atoms with Gasteiger partial charge in [0.25, 0.3) is 0 Å². The summed E-state index contributed by atoms with van der Waals surface area (Å²) in [4.78, 5) is 22.1. The molecule has 0 radical (unpaired) electrons. The molecule has 0 bridgehead atoms. The second kappa shape index (κ2) is 4.94. The van der Waals surface area contributed by atoms with Crippen LogP contribution in [0.3, 0.4) is 0 Å². The number of ketones is 1. The molecule has 0 aliphatic rings. The number of hydrogen-bond acceptors (Lipinski definition) is 2. The van der Waals surface area contributed by atoms with Crippen molar-refractivity contribution in [3.63, 3.8) is 0 Å². The number of hydrogen-bond donors (Lipinski definition) is 1. The molecule has 1 rings (SSSR count). The van der Waals surface area contributed by atoms with E-state index in [9.17, 15) is 9.59 Å². The van der Waals surface area contributed by atoms with Crippen molar-refractivity contribution >= 4 is 29.0 Å². The van der Waals surface area contributed by atoms with Crippen LogP contribution in [0.2, 0.25) is 0 Å². The fourth-order valence-electron chi connectivity index (χ4n) is 1.33. The lowest BCUT2D eigenvalue weighted by molar-refractivity contribution is -0.114. The van der Waals surface area contributed by atoms with E-state index in [2.05, 4.69) is 5.32 Å². The number of aryl methyl sites for hydroxylation is 1. The minimum absolute atomic E-state index is 0.0275. The molecular formula is C11H12ClNO2. The Kier molecular flexibility index (Phi) is 3.86. The summed E-state index contributed by atoms with van der Waals surface area (Å²) in [6, 6.07) is 5.11. The van der Waals surface area contributed by atoms with Gasteiger partial charge in [0.15, 0.2) is 5.78 Å². The Morgan fingerprint density at radius 3 is 2.53 bits per heavy atom. The average Bonchev–Trinajstić information content (AvgIpc) is 2.16. The average molecular weight is 226 g/mol. The molecule has 0 unspecified atom stereocenters. The minimum atomic E-state index is -0.134. The Labute approximate surface area is 93.4 Å². The second-order valence-corrected chi connectivity index (χ2v) is 3.53. The van der Waals surface area contributed by atoms with Gasteiger partial charge >= 0.3 is 0 Å². The van der Waals surface area contributed by atoms with Crippen LogP contribution < -0.4 is 5.32 Å². The Morgan fingerprint density at radius 1 is 1.40 bits per heavy atom. The topological polar surface area (TPSA) is 46.2 Å². The maximum Gasteiger partial charge on any atom is 0.221 e. The van der Waals surface area contributed by atoms with Crippen molar-refractivity contribution in [2.45, 2.75) is 13.8 Å². The largest absolute Gasteiger partial charge is 0.326 e. The lowest BCUT2D eigenvalue weighted by Crippen LogP contribution is -2.08. The van der Waals surface area contributed by atoms with Crippen molar-refractivity contribution in [2.75, 3.05) is 11.2 Å². The van der Waals surface area contributed by atoms with Crippen LogP contribution in [0.1, 0.15) is 22.8 Å². The summed E-state index contributed by atoms with van der Waals surface area (Å²) < 4.78 is 0. The summed E-state index contributed by atoms with van der Waals surface area (Å²) in [6.45, 7) is 3.25. The molecule has 0 fully saturated rings. The van der Waals surface area contributed by atoms with Crippen LogP contribution >= 0.6 is 11.6 Å². The molecule has 1 amide bonds. The zero-order valence-electron chi connectivity index (χ0n) is 8.63. The van der Waals surface area contributed by atoms with Crippen LogP contribution in [0.15, 0.2) is 18.2 Å². The van der Waals surface area contributed by atoms with Gasteiger partial charge in [-0.25, -0.2) is 0 Å². The summed E-state index contributed by atoms with van der Waals surface area (Å²) in [5.41, 5.74) is 2.09. The highest BCUT2D eigenvalue weighted by molar-refractivity contribution is 6.30. The van der Waals surface area contributed by atoms with Crippen molar-refractivity contribution in [1.82, 2.24) is 0 Å². The summed E-state index contributed by atoms with van der Waals surface area (Å²) in [5.74, 6) is -0.269. The van der Waals surface area contributed by atoms with Gasteiger partial charge in [-0.1, -0.05) is 0 Å². The Morgan fingerprint density at radius 2 is 2.07 bits per heavy atom. The number of carbonyl (C=O) groups is 2. The number of nitrogens with one attached hydrogen (secondary N) is 1. The van der Waals surface area contributed by atoms with Gasteiger partial charge in [-0.05, 0) is 30.7 Å². The molecule has 0 atom stereocenters. The Hall–Kier alpha value is -1.35. The molecule has 1 N–H and O–H groups in total. The first-order chi connectivity index (χ1) is 7.04. The third kappa shape index (κ3) is 3.06. The maximum atomic E-state index is 11.3. The molecule has 0 aromatic heterocycles. The highest BCUT2D eigenvalue weighted by atomic mass is 35.5. The van der Waals surface area contributed by atoms with Crippen LogP contribution in [-0.2, 0) is 4.79 Å². The molecule has 0 aliphatic heterocycles. The number of rotatable bonds is 3. The van der Waals surface area contributed by atoms with Crippen LogP contribution in [0.25, 0.3) is 0 Å². The molecule has 1 aromatic carbocycles. The molecule has 0 aliphatic carbocycles. The quantitative estimate of drug-likeness (QED) is 0.634. The third-order valence-corrected chi connectivity index (χ3v) is 2.21. The van der Waals surface area contributed by atoms with Crippen molar-refractivity contribution < 1.29 is 9.59 Å². The zero-order chi connectivity index (χ0) is 11.4. The van der Waals surface area contributed by atoms with E-state index in [1.54, 1.807) is 18.2 Å². The SMILES string of the molecule is CC(=O)Nc1ccc(C(=O)CCl)c(C)c1. The first-order valence-corrected chi connectivity index (χ1v) is 5.05. The van der Waals surface area contributed by atoms with E-state index in [4.69, 9.17) is 11.6 Å². The van der Waals surface area contributed by atoms with Gasteiger partial charge in [0.2, 0.25) is 5.91 Å². The lowest BCUT2D eigenvalue weighted by Gasteiger charge is -2.06. The number of benzene rings is 1. The predicted molar refractivity (Wildman–Crippen MR) is 60.5 cm³/mol. The van der Waals surface area contributed by atoms with Gasteiger partial charge < -0.3 is 5.32 Å². The number of halogens is 1. The Balaban J connectivity index is 2.97. The highest BCUT2D eigenvalue weighted by Gasteiger charge is 2.08. The fourth-order valence-corrected chi connectivity index (χ4v) is 1.47. The van der Waals surface area contributed by atoms with E-state index in [0.29, 0.717) is 11.3 Å². The number of carbonyl (C=O) groups excluding carboxylic acids is 2. The van der Waals surface area contributed by atoms with Gasteiger partial charge in [0.05, 0.1) is 5.88 Å². The Bertz CT molecular complexity index is 402. The monoisotopic (exact) mass is 225 g/mol. The van der Waals surface area contributed by atoms with Crippen LogP contribution in [0.5, 0.6) is 0 Å². The van der Waals surface area contributed by atoms with Crippen molar-refractivity contribution in [3.8, 4) is 0 Å². The van der Waals surface area contributed by atoms with E-state index in [0.717, 1.165) is 5.56 Å². The fraction of sp³-hybridized carbons (Fsp3) is 0.273. The van der Waals surface area contributed by atoms with E-state index in [1.807, 2.05) is 6.92 Å². The van der Waals surface area contributed by atoms with Crippen molar-refractivity contribution in [2.24, 2.45) is 0 Å². The second-order valence-electron chi connectivity index (χ2n) is 3.27. The standard InChI is InChI=1S/C11H12ClNO2/c1-7-5-9(13-8(2)14)3-4-10(7)11(15)6-12/h3-5H,6H2,1-2H3,(H,13,14). The van der Waals surface area contributed by atoms with E-state index in [-0.39, 0.29) is 17.6 Å². The molecule has 0 saturated heterocycles. The first-order valence-electron chi connectivity index (χ1n) is 4.52. The number of amides is 1. The zero-order valence-corrected chi connectivity index (χ0v) is 9.39. The molecule has 15 heavy (non-hydrogen) atoms. The molecule has 0 saturated carbocycles. The smallest absolute Gasteiger partial charge is 0.221 e. The summed E-state index contributed by atoms with van der Waals surface area (Å²) >= 11 is 5.46. The third-order valence-electron chi connectivity index (χ3n) is 1.97. The van der Waals surface area contributed by atoms with Gasteiger partial charge in [0, 0.05) is 18.2 Å². The maximum absolute atomic E-state index is 11.3. The minimum Gasteiger partial charge on any atom is -0.326 e. The summed E-state index contributed by atoms with van der Waals surface area (Å²) in [5, 5.41) is 2.65. The molecule has 0 heterocycles. The normalized spacial score (nSPS) is 9.80. The van der Waals surface area contributed by atoms with Gasteiger partial charge in [-0.2, -0.15) is 0 Å². The van der Waals surface area contributed by atoms with Crippen LogP contribution in [-0.4, -0.2) is 17.6 Å². The number of alkyl halides is 1. The number of Topliss-reactive ketones (excluding diaryl/α,β-unsaturated/α-hetero) is 1. The van der Waals surface area contributed by atoms with E-state index in [1.165, 1.54) is 6.92 Å². The van der Waals surface area contributed by atoms with Gasteiger partial charge in [0.1, 0.15) is 0 Å². The molecule has 3 nitrogen and oxygen atoms in total. The van der Waals surface area contributed by atoms with Gasteiger partial charge in [-0.3, -0.25) is 9.59 Å². The van der Waals surface area contributed by atoms with E-state index < -0.39 is 0 Å². The molecule has 0 spiro atoms. The van der Waals surface area contributed by atoms with Gasteiger partial charge in [-0.15, -0.1) is 11.6 Å². The van der Waals surface area contributed by atoms with Crippen molar-refractivity contribution in [3.05, 3.63) is 29.3 Å². The molecule has 80 valence electrons. The first kappa shape index (κ1) is 11.7. The molecule has 4 heteroatoms. The van der Waals surface area contributed by atoms with Crippen LogP contribution in [0, 0.1) is 6.92 Å². The lowest BCUT2D eigenvalue weighted by atomic mass is 10.0. The summed E-state index contributed by atoms with van der Waals surface area (Å²) in [6.07, 6.45) is 0. The molecule has 1 aromatic rings. The number of anilines is 1.